The SMILES string of the molecule is COc1ccc2[nH]cc(C3CCN(C(=O)CSc4nncn4-c4cccc(Cl)c4)CC3)c2c1. The molecule has 1 N–H and O–H groups in total. The molecule has 1 aliphatic rings. The number of rotatable bonds is 6. The van der Waals surface area contributed by atoms with Crippen LogP contribution in [0.25, 0.3) is 16.6 Å². The Kier molecular flexibility index (Phi) is 6.28. The zero-order chi connectivity index (χ0) is 22.8. The Hall–Kier alpha value is -2.97. The standard InChI is InChI=1S/C24H24ClN5O2S/c1-32-19-5-6-22-20(12-19)21(13-26-22)16-7-9-29(10-8-16)23(31)14-33-24-28-27-15-30(24)18-4-2-3-17(25)11-18/h2-6,11-13,15-16,26H,7-10,14H2,1H3. The van der Waals surface area contributed by atoms with Gasteiger partial charge in [0.15, 0.2) is 5.16 Å². The van der Waals surface area contributed by atoms with Gasteiger partial charge < -0.3 is 14.6 Å². The molecule has 2 aromatic heterocycles. The van der Waals surface area contributed by atoms with Crippen molar-refractivity contribution in [1.29, 1.82) is 0 Å². The molecule has 0 aliphatic carbocycles. The van der Waals surface area contributed by atoms with Crippen LogP contribution in [0.5, 0.6) is 5.75 Å². The maximum atomic E-state index is 12.9. The molecule has 0 unspecified atom stereocenters. The van der Waals surface area contributed by atoms with Crippen LogP contribution < -0.4 is 4.74 Å². The molecule has 0 spiro atoms. The number of halogens is 1. The molecule has 1 saturated heterocycles. The number of carbonyl (C=O) groups is 1. The molecule has 2 aromatic carbocycles. The van der Waals surface area contributed by atoms with Crippen LogP contribution in [0.4, 0.5) is 0 Å². The molecule has 4 aromatic rings. The number of aromatic amines is 1. The predicted octanol–water partition coefficient (Wildman–Crippen LogP) is 4.91. The number of ether oxygens (including phenoxy) is 1. The second-order valence-electron chi connectivity index (χ2n) is 8.06. The summed E-state index contributed by atoms with van der Waals surface area (Å²) in [6.07, 6.45) is 5.63. The molecule has 1 fully saturated rings. The van der Waals surface area contributed by atoms with Crippen molar-refractivity contribution in [2.45, 2.75) is 23.9 Å². The van der Waals surface area contributed by atoms with Crippen molar-refractivity contribution in [3.63, 3.8) is 0 Å². The minimum atomic E-state index is 0.125. The molecule has 0 saturated carbocycles. The number of aromatic nitrogens is 4. The van der Waals surface area contributed by atoms with Gasteiger partial charge in [0.2, 0.25) is 5.91 Å². The van der Waals surface area contributed by atoms with Gasteiger partial charge in [0.05, 0.1) is 18.6 Å². The van der Waals surface area contributed by atoms with Crippen molar-refractivity contribution >= 4 is 40.2 Å². The number of benzene rings is 2. The smallest absolute Gasteiger partial charge is 0.233 e. The van der Waals surface area contributed by atoms with Gasteiger partial charge in [0.1, 0.15) is 12.1 Å². The van der Waals surface area contributed by atoms with Gasteiger partial charge in [-0.1, -0.05) is 29.4 Å². The van der Waals surface area contributed by atoms with Crippen molar-refractivity contribution in [2.24, 2.45) is 0 Å². The molecule has 1 amide bonds. The normalized spacial score (nSPS) is 14.7. The molecule has 7 nitrogen and oxygen atoms in total. The molecular formula is C24H24ClN5O2S. The van der Waals surface area contributed by atoms with Crippen LogP contribution in [0, 0.1) is 0 Å². The number of hydrogen-bond donors (Lipinski definition) is 1. The summed E-state index contributed by atoms with van der Waals surface area (Å²) in [5.41, 5.74) is 3.29. The predicted molar refractivity (Wildman–Crippen MR) is 130 cm³/mol. The first-order valence-corrected chi connectivity index (χ1v) is 12.2. The van der Waals surface area contributed by atoms with E-state index in [0.29, 0.717) is 21.8 Å². The maximum absolute atomic E-state index is 12.9. The summed E-state index contributed by atoms with van der Waals surface area (Å²) in [5.74, 6) is 1.74. The van der Waals surface area contributed by atoms with Crippen LogP contribution >= 0.6 is 23.4 Å². The fourth-order valence-electron chi connectivity index (χ4n) is 4.37. The van der Waals surface area contributed by atoms with Gasteiger partial charge in [-0.25, -0.2) is 0 Å². The highest BCUT2D eigenvalue weighted by molar-refractivity contribution is 7.99. The van der Waals surface area contributed by atoms with Gasteiger partial charge in [-0.05, 0) is 60.7 Å². The number of piperidine rings is 1. The Bertz CT molecular complexity index is 1280. The number of nitrogens with zero attached hydrogens (tertiary/aromatic N) is 4. The fourth-order valence-corrected chi connectivity index (χ4v) is 5.39. The van der Waals surface area contributed by atoms with E-state index >= 15 is 0 Å². The number of carbonyl (C=O) groups excluding carboxylic acids is 1. The third kappa shape index (κ3) is 4.58. The molecule has 9 heteroatoms. The van der Waals surface area contributed by atoms with Crippen LogP contribution in [-0.2, 0) is 4.79 Å². The van der Waals surface area contributed by atoms with Gasteiger partial charge >= 0.3 is 0 Å². The number of hydrogen-bond acceptors (Lipinski definition) is 5. The number of methoxy groups -OCH3 is 1. The van der Waals surface area contributed by atoms with Crippen LogP contribution in [0.2, 0.25) is 5.02 Å². The number of nitrogens with one attached hydrogen (secondary N) is 1. The number of H-pyrrole nitrogens is 1. The van der Waals surface area contributed by atoms with Gasteiger partial charge in [0, 0.05) is 35.2 Å². The Morgan fingerprint density at radius 3 is 2.88 bits per heavy atom. The summed E-state index contributed by atoms with van der Waals surface area (Å²) in [4.78, 5) is 18.2. The first kappa shape index (κ1) is 21.9. The molecule has 5 rings (SSSR count). The van der Waals surface area contributed by atoms with Crippen molar-refractivity contribution in [3.05, 3.63) is 65.6 Å². The quantitative estimate of drug-likeness (QED) is 0.396. The van der Waals surface area contributed by atoms with Crippen LogP contribution in [0.15, 0.2) is 60.1 Å². The minimum Gasteiger partial charge on any atom is -0.497 e. The summed E-state index contributed by atoms with van der Waals surface area (Å²) < 4.78 is 7.24. The van der Waals surface area contributed by atoms with Crippen LogP contribution in [-0.4, -0.2) is 56.5 Å². The van der Waals surface area contributed by atoms with E-state index in [9.17, 15) is 4.79 Å². The molecule has 33 heavy (non-hydrogen) atoms. The molecule has 0 radical (unpaired) electrons. The summed E-state index contributed by atoms with van der Waals surface area (Å²) in [5, 5.41) is 10.7. The van der Waals surface area contributed by atoms with E-state index in [2.05, 4.69) is 33.5 Å². The lowest BCUT2D eigenvalue weighted by Crippen LogP contribution is -2.38. The first-order valence-electron chi connectivity index (χ1n) is 10.8. The van der Waals surface area contributed by atoms with E-state index in [1.54, 1.807) is 13.4 Å². The number of fused-ring (bicyclic) bond motifs is 1. The van der Waals surface area contributed by atoms with Gasteiger partial charge in [-0.2, -0.15) is 0 Å². The number of amides is 1. The highest BCUT2D eigenvalue weighted by atomic mass is 35.5. The summed E-state index contributed by atoms with van der Waals surface area (Å²) >= 11 is 7.51. The van der Waals surface area contributed by atoms with E-state index in [1.807, 2.05) is 39.8 Å². The average molecular weight is 482 g/mol. The Labute approximate surface area is 201 Å². The Morgan fingerprint density at radius 1 is 1.24 bits per heavy atom. The first-order chi connectivity index (χ1) is 16.1. The molecule has 3 heterocycles. The second kappa shape index (κ2) is 9.49. The molecule has 0 bridgehead atoms. The second-order valence-corrected chi connectivity index (χ2v) is 9.44. The highest BCUT2D eigenvalue weighted by Gasteiger charge is 2.26. The van der Waals surface area contributed by atoms with E-state index in [-0.39, 0.29) is 5.91 Å². The maximum Gasteiger partial charge on any atom is 0.233 e. The zero-order valence-corrected chi connectivity index (χ0v) is 19.8. The van der Waals surface area contributed by atoms with Crippen molar-refractivity contribution in [1.82, 2.24) is 24.6 Å². The van der Waals surface area contributed by atoms with Crippen LogP contribution in [0.3, 0.4) is 0 Å². The molecule has 0 atom stereocenters. The lowest BCUT2D eigenvalue weighted by Gasteiger charge is -2.32. The van der Waals surface area contributed by atoms with Gasteiger partial charge in [0.25, 0.3) is 0 Å². The Morgan fingerprint density at radius 2 is 2.09 bits per heavy atom. The van der Waals surface area contributed by atoms with Crippen LogP contribution in [0.1, 0.15) is 24.3 Å². The van der Waals surface area contributed by atoms with Crippen molar-refractivity contribution < 1.29 is 9.53 Å². The fraction of sp³-hybridized carbons (Fsp3) is 0.292. The van der Waals surface area contributed by atoms with Gasteiger partial charge in [-0.3, -0.25) is 9.36 Å². The number of thioether (sulfide) groups is 1. The summed E-state index contributed by atoms with van der Waals surface area (Å²) in [7, 11) is 1.69. The zero-order valence-electron chi connectivity index (χ0n) is 18.2. The topological polar surface area (TPSA) is 76.0 Å². The van der Waals surface area contributed by atoms with E-state index in [1.165, 1.54) is 22.7 Å². The molecular weight excluding hydrogens is 458 g/mol. The average Bonchev–Trinajstić information content (AvgIpc) is 3.49. The van der Waals surface area contributed by atoms with E-state index in [4.69, 9.17) is 16.3 Å². The Balaban J connectivity index is 1.20. The summed E-state index contributed by atoms with van der Waals surface area (Å²) in [6.45, 7) is 1.50. The summed E-state index contributed by atoms with van der Waals surface area (Å²) in [6, 6.07) is 13.6. The number of likely N-dealkylation sites (tertiary alicyclic amines) is 1. The molecule has 170 valence electrons. The lowest BCUT2D eigenvalue weighted by molar-refractivity contribution is -0.129. The highest BCUT2D eigenvalue weighted by Crippen LogP contribution is 2.35. The van der Waals surface area contributed by atoms with E-state index < -0.39 is 0 Å². The van der Waals surface area contributed by atoms with Gasteiger partial charge in [-0.15, -0.1) is 10.2 Å². The molecule has 1 aliphatic heterocycles. The largest absolute Gasteiger partial charge is 0.497 e. The van der Waals surface area contributed by atoms with Crippen molar-refractivity contribution in [2.75, 3.05) is 26.0 Å². The monoisotopic (exact) mass is 481 g/mol. The third-order valence-corrected chi connectivity index (χ3v) is 7.30. The minimum absolute atomic E-state index is 0.125. The third-order valence-electron chi connectivity index (χ3n) is 6.14. The van der Waals surface area contributed by atoms with Crippen molar-refractivity contribution in [3.8, 4) is 11.4 Å². The lowest BCUT2D eigenvalue weighted by atomic mass is 9.89. The van der Waals surface area contributed by atoms with E-state index in [0.717, 1.165) is 42.9 Å².